The van der Waals surface area contributed by atoms with Crippen molar-refractivity contribution in [2.45, 2.75) is 25.1 Å². The van der Waals surface area contributed by atoms with Gasteiger partial charge < -0.3 is 10.0 Å². The molecule has 0 spiro atoms. The topological polar surface area (TPSA) is 57.6 Å². The zero-order valence-electron chi connectivity index (χ0n) is 7.96. The first kappa shape index (κ1) is 14.6. The van der Waals surface area contributed by atoms with Gasteiger partial charge in [0.15, 0.2) is 0 Å². The van der Waals surface area contributed by atoms with E-state index in [9.17, 15) is 31.5 Å². The van der Waals surface area contributed by atoms with Gasteiger partial charge in [0.1, 0.15) is 6.04 Å². The van der Waals surface area contributed by atoms with Crippen molar-refractivity contribution in [2.24, 2.45) is 0 Å². The Morgan fingerprint density at radius 3 is 2.00 bits per heavy atom. The number of hydrogen-bond donors (Lipinski definition) is 1. The molecule has 0 heterocycles. The fourth-order valence-corrected chi connectivity index (χ4v) is 0.925. The number of carbonyl (C=O) groups is 2. The Labute approximate surface area is 86.6 Å². The summed E-state index contributed by atoms with van der Waals surface area (Å²) < 4.78 is 60.1. The molecule has 0 aliphatic rings. The van der Waals surface area contributed by atoms with Crippen molar-refractivity contribution < 1.29 is 36.6 Å². The monoisotopic (exact) mass is 249 g/mol. The molecule has 1 amide bonds. The van der Waals surface area contributed by atoms with Crippen LogP contribution in [0.4, 0.5) is 22.0 Å². The molecule has 16 heavy (non-hydrogen) atoms. The largest absolute Gasteiger partial charge is 0.481 e. The molecule has 4 nitrogen and oxygen atoms in total. The van der Waals surface area contributed by atoms with Crippen LogP contribution >= 0.6 is 0 Å². The van der Waals surface area contributed by atoms with Gasteiger partial charge in [-0.3, -0.25) is 9.59 Å². The van der Waals surface area contributed by atoms with E-state index in [2.05, 4.69) is 0 Å². The lowest BCUT2D eigenvalue weighted by molar-refractivity contribution is -0.189. The number of hydrogen-bond acceptors (Lipinski definition) is 2. The smallest absolute Gasteiger partial charge is 0.471 e. The van der Waals surface area contributed by atoms with Crippen LogP contribution in [0.25, 0.3) is 0 Å². The Hall–Kier alpha value is -1.41. The lowest BCUT2D eigenvalue weighted by Crippen LogP contribution is -2.48. The number of halogens is 5. The van der Waals surface area contributed by atoms with Crippen LogP contribution in [0.1, 0.15) is 6.42 Å². The number of carboxylic acids is 1. The Morgan fingerprint density at radius 1 is 1.31 bits per heavy atom. The van der Waals surface area contributed by atoms with Crippen LogP contribution in [0.2, 0.25) is 0 Å². The van der Waals surface area contributed by atoms with Gasteiger partial charge in [-0.05, 0) is 0 Å². The van der Waals surface area contributed by atoms with E-state index in [1.807, 2.05) is 0 Å². The van der Waals surface area contributed by atoms with Gasteiger partial charge in [0.2, 0.25) is 0 Å². The Bertz CT molecular complexity index is 278. The van der Waals surface area contributed by atoms with E-state index in [0.29, 0.717) is 7.05 Å². The van der Waals surface area contributed by atoms with Gasteiger partial charge in [-0.15, -0.1) is 0 Å². The highest BCUT2D eigenvalue weighted by Gasteiger charge is 2.45. The van der Waals surface area contributed by atoms with Gasteiger partial charge in [0.25, 0.3) is 6.43 Å². The number of alkyl halides is 5. The van der Waals surface area contributed by atoms with Crippen molar-refractivity contribution in [3.05, 3.63) is 0 Å². The standard InChI is InChI=1S/C7H8F5NO3/c1-13(6(16)7(10,11)12)3(5(8)9)2-4(14)15/h3,5H,2H2,1H3,(H,14,15). The van der Waals surface area contributed by atoms with Crippen molar-refractivity contribution in [1.29, 1.82) is 0 Å². The quantitative estimate of drug-likeness (QED) is 0.759. The molecule has 0 aliphatic carbocycles. The summed E-state index contributed by atoms with van der Waals surface area (Å²) in [7, 11) is 0.482. The van der Waals surface area contributed by atoms with Crippen LogP contribution in [0.5, 0.6) is 0 Å². The summed E-state index contributed by atoms with van der Waals surface area (Å²) in [5.74, 6) is -4.22. The van der Waals surface area contributed by atoms with E-state index >= 15 is 0 Å². The summed E-state index contributed by atoms with van der Waals surface area (Å²) in [5.41, 5.74) is 0. The van der Waals surface area contributed by atoms with E-state index in [1.165, 1.54) is 0 Å². The number of rotatable bonds is 4. The van der Waals surface area contributed by atoms with E-state index < -0.39 is 36.9 Å². The van der Waals surface area contributed by atoms with Crippen LogP contribution in [0.15, 0.2) is 0 Å². The number of nitrogens with zero attached hydrogens (tertiary/aromatic N) is 1. The predicted molar refractivity (Wildman–Crippen MR) is 40.9 cm³/mol. The molecule has 94 valence electrons. The van der Waals surface area contributed by atoms with Crippen LogP contribution in [0.3, 0.4) is 0 Å². The fourth-order valence-electron chi connectivity index (χ4n) is 0.925. The minimum atomic E-state index is -5.31. The zero-order valence-corrected chi connectivity index (χ0v) is 7.96. The molecule has 0 fully saturated rings. The second-order valence-corrected chi connectivity index (χ2v) is 2.91. The molecule has 1 N–H and O–H groups in total. The molecule has 0 radical (unpaired) electrons. The van der Waals surface area contributed by atoms with Crippen molar-refractivity contribution in [3.8, 4) is 0 Å². The maximum atomic E-state index is 12.2. The first-order valence-corrected chi connectivity index (χ1v) is 3.91. The lowest BCUT2D eigenvalue weighted by atomic mass is 10.2. The van der Waals surface area contributed by atoms with Crippen molar-refractivity contribution >= 4 is 11.9 Å². The van der Waals surface area contributed by atoms with E-state index in [0.717, 1.165) is 0 Å². The van der Waals surface area contributed by atoms with Crippen LogP contribution in [-0.2, 0) is 9.59 Å². The summed E-state index contributed by atoms with van der Waals surface area (Å²) in [6.07, 6.45) is -9.93. The maximum Gasteiger partial charge on any atom is 0.471 e. The molecule has 0 aromatic heterocycles. The van der Waals surface area contributed by atoms with Crippen molar-refractivity contribution in [1.82, 2.24) is 4.90 Å². The molecule has 0 aromatic rings. The highest BCUT2D eigenvalue weighted by atomic mass is 19.4. The summed E-state index contributed by atoms with van der Waals surface area (Å²) in [5, 5.41) is 8.21. The first-order valence-electron chi connectivity index (χ1n) is 3.91. The number of aliphatic carboxylic acids is 1. The second-order valence-electron chi connectivity index (χ2n) is 2.91. The van der Waals surface area contributed by atoms with Gasteiger partial charge in [0.05, 0.1) is 6.42 Å². The molecule has 0 aliphatic heterocycles. The van der Waals surface area contributed by atoms with E-state index in [4.69, 9.17) is 5.11 Å². The maximum absolute atomic E-state index is 12.2. The Balaban J connectivity index is 4.81. The molecule has 0 aromatic carbocycles. The van der Waals surface area contributed by atoms with Gasteiger partial charge in [-0.25, -0.2) is 8.78 Å². The third-order valence-electron chi connectivity index (χ3n) is 1.73. The fraction of sp³-hybridized carbons (Fsp3) is 0.714. The van der Waals surface area contributed by atoms with Gasteiger partial charge >= 0.3 is 18.1 Å². The summed E-state index contributed by atoms with van der Waals surface area (Å²) in [6.45, 7) is 0. The number of carboxylic acid groups (broad SMARTS) is 1. The van der Waals surface area contributed by atoms with E-state index in [-0.39, 0.29) is 4.90 Å². The van der Waals surface area contributed by atoms with Crippen molar-refractivity contribution in [3.63, 3.8) is 0 Å². The minimum absolute atomic E-state index is 0.307. The average molecular weight is 249 g/mol. The molecular formula is C7H8F5NO3. The molecule has 0 rings (SSSR count). The summed E-state index contributed by atoms with van der Waals surface area (Å²) >= 11 is 0. The third-order valence-corrected chi connectivity index (χ3v) is 1.73. The highest BCUT2D eigenvalue weighted by molar-refractivity contribution is 5.82. The lowest BCUT2D eigenvalue weighted by Gasteiger charge is -2.26. The summed E-state index contributed by atoms with van der Waals surface area (Å²) in [6, 6.07) is -2.30. The molecule has 1 unspecified atom stereocenters. The SMILES string of the molecule is CN(C(=O)C(F)(F)F)C(CC(=O)O)C(F)F. The molecule has 0 bridgehead atoms. The minimum Gasteiger partial charge on any atom is -0.481 e. The third kappa shape index (κ3) is 3.99. The van der Waals surface area contributed by atoms with Crippen LogP contribution in [-0.4, -0.2) is 47.6 Å². The molecule has 9 heteroatoms. The normalized spacial score (nSPS) is 13.7. The molecular weight excluding hydrogens is 241 g/mol. The molecule has 1 atom stereocenters. The number of carbonyl (C=O) groups excluding carboxylic acids is 1. The Kier molecular flexibility index (Phi) is 4.63. The second kappa shape index (κ2) is 5.08. The van der Waals surface area contributed by atoms with Crippen molar-refractivity contribution in [2.75, 3.05) is 7.05 Å². The van der Waals surface area contributed by atoms with Gasteiger partial charge in [-0.2, -0.15) is 13.2 Å². The van der Waals surface area contributed by atoms with Gasteiger partial charge in [-0.1, -0.05) is 0 Å². The molecule has 0 saturated carbocycles. The van der Waals surface area contributed by atoms with Crippen LogP contribution in [0, 0.1) is 0 Å². The predicted octanol–water partition coefficient (Wildman–Crippen LogP) is 1.12. The van der Waals surface area contributed by atoms with Crippen LogP contribution < -0.4 is 0 Å². The van der Waals surface area contributed by atoms with E-state index in [1.54, 1.807) is 0 Å². The Morgan fingerprint density at radius 2 is 1.75 bits per heavy atom. The number of amides is 1. The highest BCUT2D eigenvalue weighted by Crippen LogP contribution is 2.22. The van der Waals surface area contributed by atoms with Gasteiger partial charge in [0, 0.05) is 7.05 Å². The average Bonchev–Trinajstić information content (AvgIpc) is 2.09. The summed E-state index contributed by atoms with van der Waals surface area (Å²) in [4.78, 5) is 20.4. The zero-order chi connectivity index (χ0) is 13.1. The first-order chi connectivity index (χ1) is 7.07. The molecule has 0 saturated heterocycles.